The normalized spacial score (nSPS) is 16.1. The number of hydrogen-bond acceptors (Lipinski definition) is 3. The quantitative estimate of drug-likeness (QED) is 0.667. The summed E-state index contributed by atoms with van der Waals surface area (Å²) in [4.78, 5) is 13.0. The van der Waals surface area contributed by atoms with Gasteiger partial charge in [0.15, 0.2) is 5.96 Å². The molecule has 0 aliphatic heterocycles. The predicted molar refractivity (Wildman–Crippen MR) is 86.8 cm³/mol. The summed E-state index contributed by atoms with van der Waals surface area (Å²) in [6.07, 6.45) is 10.5. The topological polar surface area (TPSA) is 81.1 Å². The molecule has 0 bridgehead atoms. The van der Waals surface area contributed by atoms with Crippen LogP contribution in [0, 0.1) is 6.92 Å². The Hall–Kier alpha value is -2.37. The van der Waals surface area contributed by atoms with E-state index < -0.39 is 0 Å². The second-order valence-electron chi connectivity index (χ2n) is 5.70. The zero-order chi connectivity index (χ0) is 15.4. The summed E-state index contributed by atoms with van der Waals surface area (Å²) in [6, 6.07) is 4.49. The zero-order valence-electron chi connectivity index (χ0n) is 12.9. The molecule has 22 heavy (non-hydrogen) atoms. The lowest BCUT2D eigenvalue weighted by Crippen LogP contribution is -2.38. The second kappa shape index (κ2) is 6.60. The molecular formula is C16H22N6. The van der Waals surface area contributed by atoms with Crippen molar-refractivity contribution in [2.75, 3.05) is 0 Å². The number of hydrogen-bond donors (Lipinski definition) is 2. The third kappa shape index (κ3) is 3.44. The molecule has 6 heteroatoms. The first-order valence-electron chi connectivity index (χ1n) is 7.74. The first-order valence-corrected chi connectivity index (χ1v) is 7.74. The molecule has 3 N–H and O–H groups in total. The van der Waals surface area contributed by atoms with Crippen molar-refractivity contribution in [1.82, 2.24) is 19.9 Å². The van der Waals surface area contributed by atoms with Gasteiger partial charge in [0.1, 0.15) is 11.6 Å². The summed E-state index contributed by atoms with van der Waals surface area (Å²) >= 11 is 0. The molecule has 0 unspecified atom stereocenters. The number of guanidine groups is 1. The molecular weight excluding hydrogens is 276 g/mol. The summed E-state index contributed by atoms with van der Waals surface area (Å²) in [5, 5.41) is 3.29. The first-order chi connectivity index (χ1) is 10.7. The second-order valence-corrected chi connectivity index (χ2v) is 5.70. The lowest BCUT2D eigenvalue weighted by molar-refractivity contribution is 0.625. The zero-order valence-corrected chi connectivity index (χ0v) is 12.9. The Morgan fingerprint density at radius 1 is 1.36 bits per heavy atom. The average Bonchev–Trinajstić information content (AvgIpc) is 3.17. The number of nitrogens with zero attached hydrogens (tertiary/aromatic N) is 4. The van der Waals surface area contributed by atoms with Gasteiger partial charge in [-0.2, -0.15) is 0 Å². The molecule has 1 aliphatic rings. The Bertz CT molecular complexity index is 637. The van der Waals surface area contributed by atoms with Crippen LogP contribution in [0.1, 0.15) is 37.1 Å². The van der Waals surface area contributed by atoms with E-state index in [0.717, 1.165) is 17.2 Å². The van der Waals surface area contributed by atoms with Gasteiger partial charge in [0, 0.05) is 24.6 Å². The highest BCUT2D eigenvalue weighted by atomic mass is 15.1. The van der Waals surface area contributed by atoms with E-state index in [0.29, 0.717) is 18.5 Å². The van der Waals surface area contributed by atoms with Crippen LogP contribution in [-0.4, -0.2) is 26.5 Å². The maximum atomic E-state index is 5.93. The SMILES string of the molecule is Cc1nccn1-c1ccc(CN=C(N)NC2CCCC2)cn1. The molecule has 2 aromatic heterocycles. The molecule has 1 aliphatic carbocycles. The smallest absolute Gasteiger partial charge is 0.189 e. The van der Waals surface area contributed by atoms with Gasteiger partial charge in [-0.1, -0.05) is 18.9 Å². The van der Waals surface area contributed by atoms with Crippen LogP contribution in [0.2, 0.25) is 0 Å². The summed E-state index contributed by atoms with van der Waals surface area (Å²) < 4.78 is 1.95. The lowest BCUT2D eigenvalue weighted by Gasteiger charge is -2.12. The standard InChI is InChI=1S/C16H22N6/c1-12-18-8-9-22(12)15-7-6-13(10-19-15)11-20-16(17)21-14-4-2-3-5-14/h6-10,14H,2-5,11H2,1H3,(H3,17,20,21). The number of rotatable bonds is 4. The van der Waals surface area contributed by atoms with Crippen molar-refractivity contribution in [3.05, 3.63) is 42.1 Å². The van der Waals surface area contributed by atoms with E-state index in [1.54, 1.807) is 6.20 Å². The minimum Gasteiger partial charge on any atom is -0.370 e. The molecule has 3 rings (SSSR count). The van der Waals surface area contributed by atoms with Crippen LogP contribution in [0.4, 0.5) is 0 Å². The number of aryl methyl sites for hydroxylation is 1. The molecule has 0 radical (unpaired) electrons. The van der Waals surface area contributed by atoms with Crippen LogP contribution >= 0.6 is 0 Å². The van der Waals surface area contributed by atoms with Crippen molar-refractivity contribution in [3.63, 3.8) is 0 Å². The number of nitrogens with two attached hydrogens (primary N) is 1. The average molecular weight is 298 g/mol. The lowest BCUT2D eigenvalue weighted by atomic mass is 10.2. The fourth-order valence-corrected chi connectivity index (χ4v) is 2.77. The van der Waals surface area contributed by atoms with E-state index in [9.17, 15) is 0 Å². The molecule has 0 saturated heterocycles. The molecule has 0 spiro atoms. The van der Waals surface area contributed by atoms with Gasteiger partial charge >= 0.3 is 0 Å². The van der Waals surface area contributed by atoms with Crippen molar-refractivity contribution in [1.29, 1.82) is 0 Å². The van der Waals surface area contributed by atoms with Crippen LogP contribution in [0.5, 0.6) is 0 Å². The molecule has 2 heterocycles. The number of nitrogens with one attached hydrogen (secondary N) is 1. The summed E-state index contributed by atoms with van der Waals surface area (Å²) in [7, 11) is 0. The van der Waals surface area contributed by atoms with Gasteiger partial charge in [-0.3, -0.25) is 4.57 Å². The Balaban J connectivity index is 1.60. The molecule has 0 aromatic carbocycles. The maximum absolute atomic E-state index is 5.93. The van der Waals surface area contributed by atoms with Crippen LogP contribution in [0.3, 0.4) is 0 Å². The van der Waals surface area contributed by atoms with Crippen molar-refractivity contribution in [2.45, 2.75) is 45.2 Å². The van der Waals surface area contributed by atoms with Crippen molar-refractivity contribution in [2.24, 2.45) is 10.7 Å². The van der Waals surface area contributed by atoms with E-state index in [4.69, 9.17) is 5.73 Å². The van der Waals surface area contributed by atoms with Crippen LogP contribution < -0.4 is 11.1 Å². The van der Waals surface area contributed by atoms with Crippen molar-refractivity contribution >= 4 is 5.96 Å². The van der Waals surface area contributed by atoms with Gasteiger partial charge < -0.3 is 11.1 Å². The van der Waals surface area contributed by atoms with Gasteiger partial charge in [0.2, 0.25) is 0 Å². The van der Waals surface area contributed by atoms with Gasteiger partial charge in [-0.05, 0) is 31.4 Å². The molecule has 6 nitrogen and oxygen atoms in total. The van der Waals surface area contributed by atoms with E-state index in [-0.39, 0.29) is 0 Å². The molecule has 1 saturated carbocycles. The van der Waals surface area contributed by atoms with E-state index in [1.165, 1.54) is 25.7 Å². The third-order valence-corrected chi connectivity index (χ3v) is 4.02. The van der Waals surface area contributed by atoms with Gasteiger partial charge in [0.25, 0.3) is 0 Å². The van der Waals surface area contributed by atoms with Crippen LogP contribution in [-0.2, 0) is 6.54 Å². The Morgan fingerprint density at radius 2 is 2.18 bits per heavy atom. The largest absolute Gasteiger partial charge is 0.370 e. The molecule has 0 amide bonds. The third-order valence-electron chi connectivity index (χ3n) is 4.02. The van der Waals surface area contributed by atoms with Crippen molar-refractivity contribution in [3.8, 4) is 5.82 Å². The highest BCUT2D eigenvalue weighted by molar-refractivity contribution is 5.78. The van der Waals surface area contributed by atoms with E-state index in [1.807, 2.05) is 36.0 Å². The highest BCUT2D eigenvalue weighted by Crippen LogP contribution is 2.17. The molecule has 116 valence electrons. The summed E-state index contributed by atoms with van der Waals surface area (Å²) in [6.45, 7) is 2.50. The summed E-state index contributed by atoms with van der Waals surface area (Å²) in [5.41, 5.74) is 6.97. The molecule has 1 fully saturated rings. The minimum absolute atomic E-state index is 0.494. The van der Waals surface area contributed by atoms with Gasteiger partial charge in [0.05, 0.1) is 6.54 Å². The van der Waals surface area contributed by atoms with E-state index >= 15 is 0 Å². The molecule has 2 aromatic rings. The Morgan fingerprint density at radius 3 is 2.82 bits per heavy atom. The highest BCUT2D eigenvalue weighted by Gasteiger charge is 2.14. The first kappa shape index (κ1) is 14.6. The predicted octanol–water partition coefficient (Wildman–Crippen LogP) is 1.92. The number of imidazole rings is 1. The maximum Gasteiger partial charge on any atom is 0.189 e. The van der Waals surface area contributed by atoms with Crippen LogP contribution in [0.15, 0.2) is 35.7 Å². The molecule has 0 atom stereocenters. The van der Waals surface area contributed by atoms with Crippen molar-refractivity contribution < 1.29 is 0 Å². The monoisotopic (exact) mass is 298 g/mol. The Kier molecular flexibility index (Phi) is 4.37. The summed E-state index contributed by atoms with van der Waals surface area (Å²) in [5.74, 6) is 2.31. The Labute approximate surface area is 130 Å². The number of pyridine rings is 1. The van der Waals surface area contributed by atoms with Crippen LogP contribution in [0.25, 0.3) is 5.82 Å². The fourth-order valence-electron chi connectivity index (χ4n) is 2.77. The van der Waals surface area contributed by atoms with Gasteiger partial charge in [-0.25, -0.2) is 15.0 Å². The van der Waals surface area contributed by atoms with Gasteiger partial charge in [-0.15, -0.1) is 0 Å². The fraction of sp³-hybridized carbons (Fsp3) is 0.438. The minimum atomic E-state index is 0.494. The van der Waals surface area contributed by atoms with E-state index in [2.05, 4.69) is 20.3 Å². The number of aliphatic imine (C=N–C) groups is 1. The number of aromatic nitrogens is 3.